The highest BCUT2D eigenvalue weighted by atomic mass is 16.3. The van der Waals surface area contributed by atoms with Gasteiger partial charge >= 0.3 is 0 Å². The number of nitrogens with zero attached hydrogens (tertiary/aromatic N) is 2. The van der Waals surface area contributed by atoms with Crippen molar-refractivity contribution < 1.29 is 24.3 Å². The maximum absolute atomic E-state index is 13.9. The van der Waals surface area contributed by atoms with Crippen LogP contribution in [0.25, 0.3) is 0 Å². The fourth-order valence-corrected chi connectivity index (χ4v) is 7.39. The van der Waals surface area contributed by atoms with E-state index in [0.29, 0.717) is 55.7 Å². The Morgan fingerprint density at radius 3 is 2.24 bits per heavy atom. The Morgan fingerprint density at radius 2 is 1.63 bits per heavy atom. The van der Waals surface area contributed by atoms with Crippen molar-refractivity contribution >= 4 is 23.5 Å². The lowest BCUT2D eigenvalue weighted by atomic mass is 9.78. The number of piperidine rings is 1. The van der Waals surface area contributed by atoms with E-state index in [1.165, 1.54) is 0 Å². The van der Waals surface area contributed by atoms with Crippen LogP contribution in [0.4, 0.5) is 0 Å². The molecule has 3 fully saturated rings. The van der Waals surface area contributed by atoms with Gasteiger partial charge in [-0.15, -0.1) is 0 Å². The van der Waals surface area contributed by atoms with E-state index >= 15 is 0 Å². The Labute approximate surface area is 272 Å². The number of amides is 3. The number of piperazine rings is 1. The molecular weight excluding hydrogens is 582 g/mol. The van der Waals surface area contributed by atoms with Gasteiger partial charge in [0, 0.05) is 44.4 Å². The molecule has 1 aliphatic carbocycles. The number of carbonyl (C=O) groups excluding carboxylic acids is 4. The lowest BCUT2D eigenvalue weighted by molar-refractivity contribution is -0.166. The normalized spacial score (nSPS) is 21.9. The van der Waals surface area contributed by atoms with Crippen molar-refractivity contribution in [1.29, 1.82) is 0 Å². The Hall–Kier alpha value is -3.60. The molecule has 2 aliphatic heterocycles. The summed E-state index contributed by atoms with van der Waals surface area (Å²) < 4.78 is 0. The number of hydrogen-bond donors (Lipinski definition) is 4. The minimum absolute atomic E-state index is 0.0489. The van der Waals surface area contributed by atoms with Gasteiger partial charge in [0.2, 0.25) is 11.8 Å². The fraction of sp³-hybridized carbons (Fsp3) is 0.556. The highest BCUT2D eigenvalue weighted by Gasteiger charge is 2.55. The number of likely N-dealkylation sites (tertiary alicyclic amines) is 1. The van der Waals surface area contributed by atoms with Crippen molar-refractivity contribution in [2.75, 3.05) is 26.7 Å². The van der Waals surface area contributed by atoms with E-state index in [2.05, 4.69) is 22.5 Å². The third-order valence-electron chi connectivity index (χ3n) is 10.3. The first kappa shape index (κ1) is 33.8. The number of aliphatic hydroxyl groups excluding tert-OH is 1. The number of rotatable bonds is 11. The second kappa shape index (κ2) is 14.9. The summed E-state index contributed by atoms with van der Waals surface area (Å²) in [6, 6.07) is 12.5. The highest BCUT2D eigenvalue weighted by molar-refractivity contribution is 6.02. The number of Topliss-reactive ketones (excluding diaryl/α,β-unsaturated/α-hetero) is 1. The molecule has 0 radical (unpaired) electrons. The summed E-state index contributed by atoms with van der Waals surface area (Å²) >= 11 is 0. The number of hydrogen-bond acceptors (Lipinski definition) is 7. The van der Waals surface area contributed by atoms with Gasteiger partial charge in [-0.3, -0.25) is 24.1 Å². The molecule has 2 heterocycles. The molecule has 1 unspecified atom stereocenters. The van der Waals surface area contributed by atoms with Crippen LogP contribution in [-0.4, -0.2) is 82.8 Å². The molecule has 1 spiro atoms. The monoisotopic (exact) mass is 631 g/mol. The van der Waals surface area contributed by atoms with Crippen LogP contribution in [0.5, 0.6) is 0 Å². The Morgan fingerprint density at radius 1 is 1.00 bits per heavy atom. The number of benzene rings is 2. The summed E-state index contributed by atoms with van der Waals surface area (Å²) in [5, 5.41) is 16.7. The number of nitrogens with two attached hydrogens (primary N) is 1. The predicted octanol–water partition coefficient (Wildman–Crippen LogP) is 3.33. The first-order valence-electron chi connectivity index (χ1n) is 16.9. The van der Waals surface area contributed by atoms with Crippen molar-refractivity contribution in [3.63, 3.8) is 0 Å². The maximum Gasteiger partial charge on any atom is 0.251 e. The number of carbonyl (C=O) groups is 4. The zero-order valence-corrected chi connectivity index (χ0v) is 27.2. The molecule has 248 valence electrons. The largest absolute Gasteiger partial charge is 0.390 e. The minimum atomic E-state index is -0.888. The fourth-order valence-electron chi connectivity index (χ4n) is 7.39. The maximum atomic E-state index is 13.9. The first-order valence-corrected chi connectivity index (χ1v) is 16.9. The second-order valence-electron chi connectivity index (χ2n) is 13.2. The van der Waals surface area contributed by atoms with E-state index in [9.17, 15) is 24.3 Å². The summed E-state index contributed by atoms with van der Waals surface area (Å²) in [6.07, 6.45) is 7.02. The van der Waals surface area contributed by atoms with E-state index < -0.39 is 23.7 Å². The third kappa shape index (κ3) is 7.04. The van der Waals surface area contributed by atoms with Gasteiger partial charge in [0.05, 0.1) is 12.1 Å². The number of ketones is 1. The summed E-state index contributed by atoms with van der Waals surface area (Å²) in [5.74, 6) is -0.658. The molecule has 2 aromatic rings. The molecule has 1 saturated carbocycles. The van der Waals surface area contributed by atoms with Crippen LogP contribution in [0, 0.1) is 5.92 Å². The van der Waals surface area contributed by atoms with Crippen molar-refractivity contribution in [3.8, 4) is 0 Å². The predicted molar refractivity (Wildman–Crippen MR) is 176 cm³/mol. The zero-order valence-electron chi connectivity index (χ0n) is 27.2. The van der Waals surface area contributed by atoms with Crippen molar-refractivity contribution in [1.82, 2.24) is 20.4 Å². The third-order valence-corrected chi connectivity index (χ3v) is 10.3. The molecule has 3 aliphatic rings. The Bertz CT molecular complexity index is 1380. The smallest absolute Gasteiger partial charge is 0.251 e. The average molecular weight is 632 g/mol. The van der Waals surface area contributed by atoms with Crippen LogP contribution < -0.4 is 16.4 Å². The average Bonchev–Trinajstić information content (AvgIpc) is 3.10. The Balaban J connectivity index is 1.20. The molecule has 46 heavy (non-hydrogen) atoms. The van der Waals surface area contributed by atoms with E-state index in [4.69, 9.17) is 5.73 Å². The van der Waals surface area contributed by atoms with Gasteiger partial charge in [0.1, 0.15) is 11.6 Å². The standard InChI is InChI=1S/C36H49N5O5/c1-3-4-20-41-34(45)30(32(43)26-8-6-5-7-9-26)39-35(46)36(41)18-21-40(22-19-36)23-24-10-12-25(13-11-24)29(37)31(42)27-14-16-28(17-15-27)33(44)38-2/h10-17,26,29-30,32,43H,3-9,18-23,37H2,1-2H3,(H,38,44)(H,39,46)/t29?,30-,32-/m1/s1. The van der Waals surface area contributed by atoms with Gasteiger partial charge in [0.15, 0.2) is 5.78 Å². The molecule has 5 rings (SSSR count). The molecule has 0 bridgehead atoms. The topological polar surface area (TPSA) is 145 Å². The first-order chi connectivity index (χ1) is 22.2. The molecule has 2 saturated heterocycles. The molecule has 10 heteroatoms. The van der Waals surface area contributed by atoms with Crippen molar-refractivity contribution in [2.24, 2.45) is 11.7 Å². The van der Waals surface area contributed by atoms with Crippen LogP contribution in [0.2, 0.25) is 0 Å². The molecule has 0 aromatic heterocycles. The number of nitrogens with one attached hydrogen (secondary N) is 2. The van der Waals surface area contributed by atoms with Crippen molar-refractivity contribution in [3.05, 3.63) is 70.8 Å². The minimum Gasteiger partial charge on any atom is -0.390 e. The van der Waals surface area contributed by atoms with Crippen LogP contribution in [0.1, 0.15) is 103 Å². The van der Waals surface area contributed by atoms with E-state index in [1.54, 1.807) is 31.3 Å². The van der Waals surface area contributed by atoms with Gasteiger partial charge in [-0.25, -0.2) is 0 Å². The van der Waals surface area contributed by atoms with Crippen LogP contribution >= 0.6 is 0 Å². The summed E-state index contributed by atoms with van der Waals surface area (Å²) in [7, 11) is 1.56. The van der Waals surface area contributed by atoms with Gasteiger partial charge in [-0.05, 0) is 61.3 Å². The van der Waals surface area contributed by atoms with Crippen LogP contribution in [0.15, 0.2) is 48.5 Å². The van der Waals surface area contributed by atoms with Gasteiger partial charge in [0.25, 0.3) is 5.91 Å². The van der Waals surface area contributed by atoms with Crippen LogP contribution in [-0.2, 0) is 16.1 Å². The van der Waals surface area contributed by atoms with Crippen molar-refractivity contribution in [2.45, 2.75) is 95.0 Å². The lowest BCUT2D eigenvalue weighted by Crippen LogP contribution is -2.75. The molecule has 10 nitrogen and oxygen atoms in total. The molecular formula is C36H49N5O5. The highest BCUT2D eigenvalue weighted by Crippen LogP contribution is 2.36. The Kier molecular flexibility index (Phi) is 10.9. The quantitative estimate of drug-likeness (QED) is 0.279. The number of unbranched alkanes of at least 4 members (excludes halogenated alkanes) is 1. The van der Waals surface area contributed by atoms with E-state index in [-0.39, 0.29) is 29.4 Å². The SMILES string of the molecule is CCCCN1C(=O)[C@@H]([C@H](O)C2CCCCC2)NC(=O)C12CCN(Cc1ccc(C(N)C(=O)c3ccc(C(=O)NC)cc3)cc1)CC2. The van der Waals surface area contributed by atoms with E-state index in [0.717, 1.165) is 50.5 Å². The summed E-state index contributed by atoms with van der Waals surface area (Å²) in [4.78, 5) is 56.6. The second-order valence-corrected chi connectivity index (χ2v) is 13.2. The molecule has 3 amide bonds. The summed E-state index contributed by atoms with van der Waals surface area (Å²) in [6.45, 7) is 4.59. The van der Waals surface area contributed by atoms with Gasteiger partial charge < -0.3 is 26.4 Å². The van der Waals surface area contributed by atoms with E-state index in [1.807, 2.05) is 29.2 Å². The molecule has 5 N–H and O–H groups in total. The molecule has 2 aromatic carbocycles. The van der Waals surface area contributed by atoms with Crippen LogP contribution in [0.3, 0.4) is 0 Å². The van der Waals surface area contributed by atoms with Gasteiger partial charge in [-0.1, -0.05) is 69.0 Å². The van der Waals surface area contributed by atoms with Gasteiger partial charge in [-0.2, -0.15) is 0 Å². The number of aliphatic hydroxyl groups is 1. The molecule has 3 atom stereocenters. The summed E-state index contributed by atoms with van der Waals surface area (Å²) in [5.41, 5.74) is 8.13. The lowest BCUT2D eigenvalue weighted by Gasteiger charge is -2.52. The zero-order chi connectivity index (χ0) is 32.8.